The molecule has 11 heteroatoms. The number of aryl methyl sites for hydroxylation is 1. The van der Waals surface area contributed by atoms with Crippen LogP contribution in [0.5, 0.6) is 0 Å². The normalized spacial score (nSPS) is 20.1. The summed E-state index contributed by atoms with van der Waals surface area (Å²) in [5.41, 5.74) is -0.283. The molecule has 4 heterocycles. The van der Waals surface area contributed by atoms with Crippen molar-refractivity contribution in [2.45, 2.75) is 56.4 Å². The van der Waals surface area contributed by atoms with Gasteiger partial charge in [0.05, 0.1) is 11.0 Å². The molecule has 200 valence electrons. The Kier molecular flexibility index (Phi) is 5.93. The minimum absolute atomic E-state index is 0.110. The Bertz CT molecular complexity index is 1550. The van der Waals surface area contributed by atoms with Crippen LogP contribution in [0.2, 0.25) is 0 Å². The number of nitrogens with zero attached hydrogens (tertiary/aromatic N) is 5. The Hall–Kier alpha value is -3.47. The fourth-order valence-electron chi connectivity index (χ4n) is 6.00. The average Bonchev–Trinajstić information content (AvgIpc) is 3.45. The van der Waals surface area contributed by atoms with E-state index in [0.29, 0.717) is 30.8 Å². The largest absolute Gasteiger partial charge is 0.418 e. The van der Waals surface area contributed by atoms with Crippen molar-refractivity contribution in [1.82, 2.24) is 29.2 Å². The molecule has 38 heavy (non-hydrogen) atoms. The average molecular weight is 529 g/mol. The highest BCUT2D eigenvalue weighted by Crippen LogP contribution is 2.48. The van der Waals surface area contributed by atoms with Gasteiger partial charge in [-0.1, -0.05) is 18.6 Å². The zero-order chi connectivity index (χ0) is 26.7. The molecule has 7 nitrogen and oxygen atoms in total. The maximum absolute atomic E-state index is 14.2. The zero-order valence-corrected chi connectivity index (χ0v) is 20.9. The number of pyridine rings is 1. The molecular weight excluding hydrogens is 500 g/mol. The molecule has 0 unspecified atom stereocenters. The van der Waals surface area contributed by atoms with E-state index >= 15 is 0 Å². The summed E-state index contributed by atoms with van der Waals surface area (Å²) in [6, 6.07) is 8.47. The van der Waals surface area contributed by atoms with Crippen molar-refractivity contribution in [3.05, 3.63) is 75.9 Å². The van der Waals surface area contributed by atoms with Crippen LogP contribution in [-0.2, 0) is 25.2 Å². The minimum Gasteiger partial charge on any atom is -0.353 e. The maximum Gasteiger partial charge on any atom is 0.418 e. The molecule has 0 spiro atoms. The molecule has 0 radical (unpaired) electrons. The van der Waals surface area contributed by atoms with Crippen LogP contribution in [0.1, 0.15) is 54.7 Å². The Morgan fingerprint density at radius 2 is 2.00 bits per heavy atom. The van der Waals surface area contributed by atoms with Crippen molar-refractivity contribution < 1.29 is 17.6 Å². The predicted octanol–water partition coefficient (Wildman–Crippen LogP) is 4.87. The summed E-state index contributed by atoms with van der Waals surface area (Å²) in [6.45, 7) is 1.14. The van der Waals surface area contributed by atoms with Crippen LogP contribution in [-0.4, -0.2) is 48.5 Å². The number of piperidine rings is 1. The van der Waals surface area contributed by atoms with Gasteiger partial charge < -0.3 is 9.55 Å². The van der Waals surface area contributed by atoms with Gasteiger partial charge in [0, 0.05) is 43.1 Å². The lowest BCUT2D eigenvalue weighted by Gasteiger charge is -2.41. The highest BCUT2D eigenvalue weighted by atomic mass is 19.4. The molecule has 1 saturated heterocycles. The number of aromatic amines is 1. The lowest BCUT2D eigenvalue weighted by Crippen LogP contribution is -2.38. The first-order chi connectivity index (χ1) is 18.2. The first-order valence-corrected chi connectivity index (χ1v) is 12.8. The van der Waals surface area contributed by atoms with Crippen LogP contribution in [0.15, 0.2) is 47.7 Å². The van der Waals surface area contributed by atoms with Gasteiger partial charge in [-0.25, -0.2) is 4.39 Å². The van der Waals surface area contributed by atoms with Crippen LogP contribution in [0.4, 0.5) is 17.6 Å². The molecule has 0 amide bonds. The standard InChI is InChI=1S/C27H28F4N6O/c1-35-16-32-34-25(35)26(8-4-9-26)17-5-2-7-20(11-17)37-15-22(27(29,30)31)21-12-19(33-23(21)24(37)38)14-36-10-3-6-18(28)13-36/h2,5,7,11-12,15-16,18,33H,3-4,6,8-10,13-14H2,1H3/t18-/m0/s1. The molecule has 0 bridgehead atoms. The molecular formula is C27H28F4N6O. The van der Waals surface area contributed by atoms with E-state index in [4.69, 9.17) is 0 Å². The van der Waals surface area contributed by atoms with Crippen LogP contribution in [0, 0.1) is 0 Å². The van der Waals surface area contributed by atoms with Crippen molar-refractivity contribution in [3.63, 3.8) is 0 Å². The third-order valence-corrected chi connectivity index (χ3v) is 8.03. The summed E-state index contributed by atoms with van der Waals surface area (Å²) in [5, 5.41) is 8.15. The maximum atomic E-state index is 14.2. The van der Waals surface area contributed by atoms with Gasteiger partial charge in [-0.05, 0) is 56.0 Å². The number of rotatable bonds is 5. The van der Waals surface area contributed by atoms with Crippen molar-refractivity contribution in [2.75, 3.05) is 13.1 Å². The van der Waals surface area contributed by atoms with Crippen molar-refractivity contribution in [3.8, 4) is 5.69 Å². The van der Waals surface area contributed by atoms with E-state index in [1.807, 2.05) is 22.6 Å². The molecule has 1 saturated carbocycles. The van der Waals surface area contributed by atoms with Gasteiger partial charge in [0.25, 0.3) is 5.56 Å². The third kappa shape index (κ3) is 4.13. The van der Waals surface area contributed by atoms with E-state index in [0.717, 1.165) is 41.4 Å². The monoisotopic (exact) mass is 528 g/mol. The van der Waals surface area contributed by atoms with Crippen LogP contribution in [0.3, 0.4) is 0 Å². The lowest BCUT2D eigenvalue weighted by atomic mass is 9.63. The minimum atomic E-state index is -4.67. The van der Waals surface area contributed by atoms with E-state index in [-0.39, 0.29) is 24.0 Å². The Morgan fingerprint density at radius 1 is 1.18 bits per heavy atom. The number of halogens is 4. The lowest BCUT2D eigenvalue weighted by molar-refractivity contribution is -0.136. The van der Waals surface area contributed by atoms with Crippen molar-refractivity contribution in [1.29, 1.82) is 0 Å². The first-order valence-electron chi connectivity index (χ1n) is 12.8. The summed E-state index contributed by atoms with van der Waals surface area (Å²) in [5.74, 6) is 0.793. The van der Waals surface area contributed by atoms with Gasteiger partial charge in [0.1, 0.15) is 23.8 Å². The molecule has 1 aliphatic carbocycles. The number of nitrogens with one attached hydrogen (secondary N) is 1. The van der Waals surface area contributed by atoms with Gasteiger partial charge in [0.15, 0.2) is 0 Å². The second-order valence-corrected chi connectivity index (χ2v) is 10.5. The molecule has 1 aliphatic heterocycles. The van der Waals surface area contributed by atoms with E-state index < -0.39 is 28.9 Å². The third-order valence-electron chi connectivity index (χ3n) is 8.03. The second-order valence-electron chi connectivity index (χ2n) is 10.5. The summed E-state index contributed by atoms with van der Waals surface area (Å²) < 4.78 is 59.4. The molecule has 1 atom stereocenters. The highest BCUT2D eigenvalue weighted by molar-refractivity contribution is 5.84. The second kappa shape index (κ2) is 9.07. The van der Waals surface area contributed by atoms with Gasteiger partial charge in [0.2, 0.25) is 0 Å². The molecule has 2 aliphatic rings. The number of fused-ring (bicyclic) bond motifs is 1. The summed E-state index contributed by atoms with van der Waals surface area (Å²) in [7, 11) is 1.87. The molecule has 1 aromatic carbocycles. The Labute approximate surface area is 216 Å². The molecule has 1 N–H and O–H groups in total. The van der Waals surface area contributed by atoms with Crippen LogP contribution >= 0.6 is 0 Å². The summed E-state index contributed by atoms with van der Waals surface area (Å²) >= 11 is 0. The van der Waals surface area contributed by atoms with E-state index in [1.165, 1.54) is 6.07 Å². The number of alkyl halides is 4. The number of benzene rings is 1. The van der Waals surface area contributed by atoms with E-state index in [9.17, 15) is 22.4 Å². The Morgan fingerprint density at radius 3 is 2.66 bits per heavy atom. The summed E-state index contributed by atoms with van der Waals surface area (Å²) in [6.07, 6.45) is 0.729. The molecule has 4 aromatic rings. The molecule has 6 rings (SSSR count). The number of aromatic nitrogens is 5. The fraction of sp³-hybridized carbons (Fsp3) is 0.444. The van der Waals surface area contributed by atoms with Crippen LogP contribution in [0.25, 0.3) is 16.6 Å². The van der Waals surface area contributed by atoms with E-state index in [1.54, 1.807) is 24.5 Å². The van der Waals surface area contributed by atoms with E-state index in [2.05, 4.69) is 15.2 Å². The number of H-pyrrole nitrogens is 1. The first kappa shape index (κ1) is 24.8. The fourth-order valence-corrected chi connectivity index (χ4v) is 6.00. The SMILES string of the molecule is Cn1cnnc1C1(c2cccc(-n3cc(C(F)(F)F)c4cc(CN5CCC[C@H](F)C5)[nH]c4c3=O)c2)CCC1. The number of hydrogen-bond acceptors (Lipinski definition) is 4. The zero-order valence-electron chi connectivity index (χ0n) is 20.9. The quantitative estimate of drug-likeness (QED) is 0.375. The number of hydrogen-bond donors (Lipinski definition) is 1. The smallest absolute Gasteiger partial charge is 0.353 e. The molecule has 3 aromatic heterocycles. The van der Waals surface area contributed by atoms with Gasteiger partial charge >= 0.3 is 6.18 Å². The summed E-state index contributed by atoms with van der Waals surface area (Å²) in [4.78, 5) is 18.3. The topological polar surface area (TPSA) is 71.7 Å². The van der Waals surface area contributed by atoms with Crippen molar-refractivity contribution >= 4 is 10.9 Å². The number of likely N-dealkylation sites (tertiary alicyclic amines) is 1. The molecule has 2 fully saturated rings. The Balaban J connectivity index is 1.45. The van der Waals surface area contributed by atoms with Crippen molar-refractivity contribution in [2.24, 2.45) is 7.05 Å². The highest BCUT2D eigenvalue weighted by Gasteiger charge is 2.44. The van der Waals surface area contributed by atoms with Gasteiger partial charge in [-0.15, -0.1) is 10.2 Å². The van der Waals surface area contributed by atoms with Gasteiger partial charge in [-0.3, -0.25) is 14.3 Å². The van der Waals surface area contributed by atoms with Gasteiger partial charge in [-0.2, -0.15) is 13.2 Å². The predicted molar refractivity (Wildman–Crippen MR) is 134 cm³/mol. The van der Waals surface area contributed by atoms with Crippen LogP contribution < -0.4 is 5.56 Å².